The van der Waals surface area contributed by atoms with Gasteiger partial charge in [-0.05, 0) is 42.6 Å². The molecule has 7 nitrogen and oxygen atoms in total. The third-order valence-corrected chi connectivity index (χ3v) is 7.30. The molecule has 4 aromatic rings. The van der Waals surface area contributed by atoms with Crippen molar-refractivity contribution >= 4 is 5.91 Å². The van der Waals surface area contributed by atoms with E-state index in [2.05, 4.69) is 83.8 Å². The molecule has 1 saturated carbocycles. The number of amides is 1. The molecule has 0 bridgehead atoms. The Labute approximate surface area is 261 Å². The van der Waals surface area contributed by atoms with Crippen LogP contribution in [0.3, 0.4) is 0 Å². The summed E-state index contributed by atoms with van der Waals surface area (Å²) in [5, 5.41) is 4.67. The molecule has 0 N–H and O–H groups in total. The first kappa shape index (κ1) is 36.1. The second-order valence-corrected chi connectivity index (χ2v) is 9.29. The van der Waals surface area contributed by atoms with E-state index < -0.39 is 5.54 Å². The number of nitrogens with zero attached hydrogens (tertiary/aromatic N) is 3. The maximum Gasteiger partial charge on any atom is 0.0886 e. The van der Waals surface area contributed by atoms with Crippen molar-refractivity contribution in [2.45, 2.75) is 44.1 Å². The summed E-state index contributed by atoms with van der Waals surface area (Å²) < 4.78 is 22.5. The van der Waals surface area contributed by atoms with Gasteiger partial charge in [-0.15, -0.1) is 0 Å². The minimum absolute atomic E-state index is 0. The van der Waals surface area contributed by atoms with Crippen molar-refractivity contribution in [1.82, 2.24) is 9.97 Å². The Morgan fingerprint density at radius 3 is 1.29 bits per heavy atom. The van der Waals surface area contributed by atoms with Gasteiger partial charge in [0.1, 0.15) is 0 Å². The van der Waals surface area contributed by atoms with Gasteiger partial charge in [-0.3, -0.25) is 9.97 Å². The molecule has 2 aliphatic rings. The van der Waals surface area contributed by atoms with Crippen LogP contribution in [0.15, 0.2) is 109 Å². The molecule has 1 amide bonds. The van der Waals surface area contributed by atoms with Crippen molar-refractivity contribution in [1.29, 1.82) is 0 Å². The topological polar surface area (TPSA) is 117 Å². The maximum absolute atomic E-state index is 12.8. The molecule has 0 atom stereocenters. The molecule has 213 valence electrons. The number of carbonyl (C=O) groups is 1. The van der Waals surface area contributed by atoms with Crippen LogP contribution in [0, 0.1) is 25.4 Å². The minimum atomic E-state index is -0.489. The molecule has 2 aromatic carbocycles. The first-order valence-corrected chi connectivity index (χ1v) is 13.1. The normalized spacial score (nSPS) is 15.0. The summed E-state index contributed by atoms with van der Waals surface area (Å²) in [6.45, 7) is 13.5. The summed E-state index contributed by atoms with van der Waals surface area (Å²) in [7, 11) is 0. The number of hydrogen-bond acceptors (Lipinski definition) is 3. The number of benzene rings is 2. The fraction of sp³-hybridized carbons (Fsp3) is 0.235. The zero-order valence-electron chi connectivity index (χ0n) is 23.0. The number of hydrogen-bond donors (Lipinski definition) is 0. The summed E-state index contributed by atoms with van der Waals surface area (Å²) in [5.41, 5.74) is 3.32. The quantitative estimate of drug-likeness (QED) is 0.126. The van der Waals surface area contributed by atoms with Gasteiger partial charge in [0.05, 0.1) is 17.3 Å². The zero-order chi connectivity index (χ0) is 30.0. The van der Waals surface area contributed by atoms with Crippen molar-refractivity contribution < 1.29 is 39.2 Å². The fourth-order valence-electron chi connectivity index (χ4n) is 5.61. The molecule has 1 radical (unpaired) electrons. The van der Waals surface area contributed by atoms with E-state index in [-0.39, 0.29) is 31.7 Å². The van der Waals surface area contributed by atoms with Crippen LogP contribution < -0.4 is 0 Å². The van der Waals surface area contributed by atoms with Gasteiger partial charge in [0.25, 0.3) is 0 Å². The van der Waals surface area contributed by atoms with E-state index in [1.807, 2.05) is 48.5 Å². The molecule has 1 spiro atoms. The number of pyridine rings is 2. The predicted molar refractivity (Wildman–Crippen MR) is 151 cm³/mol. The SMILES string of the molecule is O=C1[N-]C(c2ccccc2)(c2ccccc2)C12CCCCCC2.[C-]#[O+].[C-]#[O+].[C-]#[O+].[Re].c1ccc(-c2ccccn2)nc1. The smallest absolute Gasteiger partial charge is 0.0886 e. The van der Waals surface area contributed by atoms with Crippen molar-refractivity contribution in [3.63, 3.8) is 0 Å². The Morgan fingerprint density at radius 2 is 0.952 bits per heavy atom. The molecule has 2 fully saturated rings. The summed E-state index contributed by atoms with van der Waals surface area (Å²) in [5.74, 6) is 0.118. The van der Waals surface area contributed by atoms with Crippen LogP contribution in [0.5, 0.6) is 0 Å². The van der Waals surface area contributed by atoms with Crippen molar-refractivity contribution in [2.75, 3.05) is 0 Å². The van der Waals surface area contributed by atoms with E-state index in [1.54, 1.807) is 12.4 Å². The third-order valence-electron chi connectivity index (χ3n) is 7.30. The van der Waals surface area contributed by atoms with Gasteiger partial charge in [0.15, 0.2) is 0 Å². The van der Waals surface area contributed by atoms with Crippen LogP contribution >= 0.6 is 0 Å². The molecule has 1 aliphatic carbocycles. The molecule has 6 rings (SSSR count). The Kier molecular flexibility index (Phi) is 16.6. The van der Waals surface area contributed by atoms with Gasteiger partial charge < -0.3 is 10.1 Å². The molecular weight excluding hydrogens is 701 g/mol. The van der Waals surface area contributed by atoms with E-state index in [0.717, 1.165) is 48.2 Å². The average Bonchev–Trinajstić information content (AvgIpc) is 3.37. The molecule has 2 aromatic heterocycles. The van der Waals surface area contributed by atoms with E-state index in [1.165, 1.54) is 12.8 Å². The minimum Gasteiger partial charge on any atom is -0.255 e. The van der Waals surface area contributed by atoms with E-state index in [4.69, 9.17) is 14.0 Å². The monoisotopic (exact) mass is 731 g/mol. The first-order valence-electron chi connectivity index (χ1n) is 13.1. The van der Waals surface area contributed by atoms with Gasteiger partial charge in [0, 0.05) is 38.2 Å². The predicted octanol–water partition coefficient (Wildman–Crippen LogP) is 7.21. The summed E-state index contributed by atoms with van der Waals surface area (Å²) >= 11 is 0. The molecule has 0 unspecified atom stereocenters. The molecule has 1 aliphatic heterocycles. The van der Waals surface area contributed by atoms with Gasteiger partial charge in [0.2, 0.25) is 0 Å². The third kappa shape index (κ3) is 7.88. The first-order chi connectivity index (χ1) is 20.3. The van der Waals surface area contributed by atoms with Gasteiger partial charge in [-0.1, -0.05) is 110 Å². The Hall–Kier alpha value is -3.91. The second kappa shape index (κ2) is 19.3. The van der Waals surface area contributed by atoms with Crippen LogP contribution in [-0.2, 0) is 44.7 Å². The summed E-state index contributed by atoms with van der Waals surface area (Å²) in [6.07, 6.45) is 10.2. The van der Waals surface area contributed by atoms with Gasteiger partial charge >= 0.3 is 33.9 Å². The van der Waals surface area contributed by atoms with E-state index in [0.29, 0.717) is 0 Å². The van der Waals surface area contributed by atoms with Crippen LogP contribution in [0.25, 0.3) is 16.7 Å². The molecular formula is C34H30N3O4Re-. The molecule has 1 saturated heterocycles. The Balaban J connectivity index is 0.000000394. The Bertz CT molecular complexity index is 1280. The van der Waals surface area contributed by atoms with E-state index in [9.17, 15) is 4.79 Å². The van der Waals surface area contributed by atoms with Gasteiger partial charge in [-0.2, -0.15) is 0 Å². The fourth-order valence-corrected chi connectivity index (χ4v) is 5.61. The van der Waals surface area contributed by atoms with Crippen LogP contribution in [0.4, 0.5) is 0 Å². The Morgan fingerprint density at radius 1 is 0.571 bits per heavy atom. The maximum atomic E-state index is 12.8. The van der Waals surface area contributed by atoms with Crippen molar-refractivity contribution in [3.05, 3.63) is 146 Å². The number of β-lactam (4-membered cyclic amide) rings is 1. The van der Waals surface area contributed by atoms with Crippen molar-refractivity contribution in [2.24, 2.45) is 5.41 Å². The van der Waals surface area contributed by atoms with Crippen LogP contribution in [-0.4, -0.2) is 15.9 Å². The van der Waals surface area contributed by atoms with Crippen LogP contribution in [0.2, 0.25) is 0 Å². The number of rotatable bonds is 3. The van der Waals surface area contributed by atoms with Crippen molar-refractivity contribution in [3.8, 4) is 11.4 Å². The van der Waals surface area contributed by atoms with Gasteiger partial charge in [-0.25, -0.2) is 0 Å². The standard InChI is InChI=1S/C21H23NO.C10H8N2.3CO.Re/c23-19-20(15-9-1-2-10-16-20)21(22-19,17-11-5-3-6-12-17)18-13-7-4-8-14-18;1-3-7-11-9(5-1)10-6-2-4-8-12-10;3*1-2;/h3-8,11-14H,1-2,9-10,15-16H2,(H,22,23);1-8H;;;;/p-1. The zero-order valence-corrected chi connectivity index (χ0v) is 25.7. The summed E-state index contributed by atoms with van der Waals surface area (Å²) in [4.78, 5) is 21.1. The largest absolute Gasteiger partial charge is 0.255 e. The van der Waals surface area contributed by atoms with E-state index >= 15 is 0 Å². The molecule has 3 heterocycles. The molecule has 42 heavy (non-hydrogen) atoms. The number of carbonyl (C=O) groups excluding carboxylic acids is 1. The average molecular weight is 731 g/mol. The second-order valence-electron chi connectivity index (χ2n) is 9.29. The van der Waals surface area contributed by atoms with Crippen LogP contribution in [0.1, 0.15) is 49.7 Å². The summed E-state index contributed by atoms with van der Waals surface area (Å²) in [6, 6.07) is 32.4. The molecule has 8 heteroatoms. The number of aromatic nitrogens is 2.